The fraction of sp³-hybridized carbons (Fsp3) is 0.314. The molecule has 0 fully saturated rings. The van der Waals surface area contributed by atoms with Gasteiger partial charge < -0.3 is 14.2 Å². The Morgan fingerprint density at radius 1 is 0.932 bits per heavy atom. The standard InChI is InChI=1S/C35H38N2O7/c1-6-26(21-31(38)27-13-15-29(16-14-27)42-19-9-10-20-43-34(40)7-2)11-12-28(24(4)23-36)22-32(39)30-17-18-33(25(5)37-30)44-35(41)8-3/h7-8,11-18,24H,2-3,6,9-10,19-22H2,1,4-5H3/b26-11+,28-12-. The Balaban J connectivity index is 2.03. The molecular weight excluding hydrogens is 560 g/mol. The number of hydrogen-bond acceptors (Lipinski definition) is 9. The van der Waals surface area contributed by atoms with Crippen LogP contribution in [0.4, 0.5) is 0 Å². The van der Waals surface area contributed by atoms with Crippen molar-refractivity contribution in [3.63, 3.8) is 0 Å². The summed E-state index contributed by atoms with van der Waals surface area (Å²) in [5, 5.41) is 9.56. The molecule has 2 rings (SSSR count). The molecule has 2 aromatic rings. The lowest BCUT2D eigenvalue weighted by molar-refractivity contribution is -0.137. The largest absolute Gasteiger partial charge is 0.494 e. The molecule has 9 nitrogen and oxygen atoms in total. The van der Waals surface area contributed by atoms with Gasteiger partial charge in [0.05, 0.1) is 30.9 Å². The number of rotatable bonds is 18. The van der Waals surface area contributed by atoms with Gasteiger partial charge in [0, 0.05) is 30.6 Å². The molecule has 1 heterocycles. The molecule has 1 atom stereocenters. The quantitative estimate of drug-likeness (QED) is 0.0609. The van der Waals surface area contributed by atoms with E-state index in [2.05, 4.69) is 24.2 Å². The molecule has 0 aliphatic heterocycles. The molecule has 0 spiro atoms. The minimum Gasteiger partial charge on any atom is -0.494 e. The fourth-order valence-corrected chi connectivity index (χ4v) is 3.87. The van der Waals surface area contributed by atoms with Gasteiger partial charge in [-0.1, -0.05) is 37.8 Å². The second-order valence-corrected chi connectivity index (χ2v) is 9.83. The molecule has 9 heteroatoms. The van der Waals surface area contributed by atoms with E-state index in [0.29, 0.717) is 55.1 Å². The number of unbranched alkanes of at least 4 members (excludes halogenated alkanes) is 1. The Morgan fingerprint density at radius 2 is 1.61 bits per heavy atom. The average Bonchev–Trinajstić information content (AvgIpc) is 3.04. The van der Waals surface area contributed by atoms with Crippen LogP contribution in [0.3, 0.4) is 0 Å². The first-order chi connectivity index (χ1) is 21.1. The first-order valence-corrected chi connectivity index (χ1v) is 14.3. The summed E-state index contributed by atoms with van der Waals surface area (Å²) in [6.45, 7) is 12.7. The van der Waals surface area contributed by atoms with Crippen molar-refractivity contribution in [2.75, 3.05) is 13.2 Å². The molecule has 0 amide bonds. The number of aromatic nitrogens is 1. The van der Waals surface area contributed by atoms with E-state index in [1.54, 1.807) is 50.3 Å². The Kier molecular flexibility index (Phi) is 14.7. The number of carbonyl (C=O) groups is 4. The van der Waals surface area contributed by atoms with Crippen LogP contribution in [0.1, 0.15) is 72.5 Å². The lowest BCUT2D eigenvalue weighted by Gasteiger charge is -2.11. The maximum Gasteiger partial charge on any atom is 0.335 e. The van der Waals surface area contributed by atoms with Crippen molar-refractivity contribution in [1.29, 1.82) is 5.26 Å². The summed E-state index contributed by atoms with van der Waals surface area (Å²) in [7, 11) is 0. The molecule has 0 N–H and O–H groups in total. The van der Waals surface area contributed by atoms with Gasteiger partial charge in [-0.15, -0.1) is 0 Å². The number of esters is 2. The van der Waals surface area contributed by atoms with Crippen molar-refractivity contribution in [2.45, 2.75) is 52.9 Å². The van der Waals surface area contributed by atoms with Crippen LogP contribution in [-0.4, -0.2) is 41.7 Å². The third kappa shape index (κ3) is 11.6. The number of ketones is 2. The highest BCUT2D eigenvalue weighted by atomic mass is 16.5. The van der Waals surface area contributed by atoms with E-state index in [0.717, 1.165) is 17.7 Å². The van der Waals surface area contributed by atoms with Crippen LogP contribution in [0.15, 0.2) is 85.0 Å². The third-order valence-electron chi connectivity index (χ3n) is 6.58. The zero-order chi connectivity index (χ0) is 32.5. The lowest BCUT2D eigenvalue weighted by atomic mass is 9.94. The lowest BCUT2D eigenvalue weighted by Crippen LogP contribution is -2.10. The number of ether oxygens (including phenoxy) is 3. The molecule has 230 valence electrons. The Hall–Kier alpha value is -5.10. The zero-order valence-corrected chi connectivity index (χ0v) is 25.5. The van der Waals surface area contributed by atoms with E-state index in [1.165, 1.54) is 12.1 Å². The number of nitriles is 1. The molecule has 0 saturated heterocycles. The number of Topliss-reactive ketones (excluding diaryl/α,β-unsaturated/α-hetero) is 2. The summed E-state index contributed by atoms with van der Waals surface area (Å²) in [5.74, 6) is -1.09. The predicted octanol–water partition coefficient (Wildman–Crippen LogP) is 6.64. The van der Waals surface area contributed by atoms with Gasteiger partial charge in [-0.3, -0.25) is 9.59 Å². The number of pyridine rings is 1. The summed E-state index contributed by atoms with van der Waals surface area (Å²) >= 11 is 0. The van der Waals surface area contributed by atoms with Gasteiger partial charge in [-0.2, -0.15) is 5.26 Å². The molecule has 44 heavy (non-hydrogen) atoms. The van der Waals surface area contributed by atoms with Crippen molar-refractivity contribution >= 4 is 23.5 Å². The smallest absolute Gasteiger partial charge is 0.335 e. The van der Waals surface area contributed by atoms with Crippen LogP contribution in [0, 0.1) is 24.2 Å². The van der Waals surface area contributed by atoms with Gasteiger partial charge >= 0.3 is 11.9 Å². The summed E-state index contributed by atoms with van der Waals surface area (Å²) in [5.41, 5.74) is 2.55. The molecule has 0 radical (unpaired) electrons. The Bertz CT molecular complexity index is 1460. The maximum absolute atomic E-state index is 13.0. The van der Waals surface area contributed by atoms with Gasteiger partial charge in [0.1, 0.15) is 11.4 Å². The molecule has 0 aliphatic rings. The van der Waals surface area contributed by atoms with Gasteiger partial charge in [0.25, 0.3) is 0 Å². The average molecular weight is 599 g/mol. The summed E-state index contributed by atoms with van der Waals surface area (Å²) < 4.78 is 15.7. The molecule has 1 aromatic heterocycles. The van der Waals surface area contributed by atoms with Crippen molar-refractivity contribution < 1.29 is 33.4 Å². The van der Waals surface area contributed by atoms with E-state index < -0.39 is 17.9 Å². The molecule has 0 saturated carbocycles. The first-order valence-electron chi connectivity index (χ1n) is 14.3. The fourth-order valence-electron chi connectivity index (χ4n) is 3.87. The maximum atomic E-state index is 13.0. The van der Waals surface area contributed by atoms with Crippen molar-refractivity contribution in [2.24, 2.45) is 5.92 Å². The van der Waals surface area contributed by atoms with Crippen LogP contribution >= 0.6 is 0 Å². The van der Waals surface area contributed by atoms with Crippen LogP contribution in [0.25, 0.3) is 0 Å². The molecular formula is C35H38N2O7. The number of hydrogen-bond donors (Lipinski definition) is 0. The minimum atomic E-state index is -0.626. The predicted molar refractivity (Wildman–Crippen MR) is 166 cm³/mol. The van der Waals surface area contributed by atoms with Crippen LogP contribution < -0.4 is 9.47 Å². The number of allylic oxidation sites excluding steroid dienone is 4. The van der Waals surface area contributed by atoms with Crippen molar-refractivity contribution in [1.82, 2.24) is 4.98 Å². The van der Waals surface area contributed by atoms with Crippen molar-refractivity contribution in [3.8, 4) is 17.6 Å². The first kappa shape index (κ1) is 35.1. The second kappa shape index (κ2) is 18.4. The summed E-state index contributed by atoms with van der Waals surface area (Å²) in [6, 6.07) is 12.1. The highest BCUT2D eigenvalue weighted by molar-refractivity contribution is 5.98. The summed E-state index contributed by atoms with van der Waals surface area (Å²) in [4.78, 5) is 52.8. The van der Waals surface area contributed by atoms with Gasteiger partial charge in [0.2, 0.25) is 0 Å². The second-order valence-electron chi connectivity index (χ2n) is 9.83. The topological polar surface area (TPSA) is 133 Å². The number of benzene rings is 1. The normalized spacial score (nSPS) is 12.0. The van der Waals surface area contributed by atoms with E-state index in [9.17, 15) is 24.4 Å². The van der Waals surface area contributed by atoms with E-state index in [4.69, 9.17) is 14.2 Å². The highest BCUT2D eigenvalue weighted by Crippen LogP contribution is 2.22. The molecule has 1 unspecified atom stereocenters. The van der Waals surface area contributed by atoms with Crippen LogP contribution in [0.2, 0.25) is 0 Å². The van der Waals surface area contributed by atoms with E-state index in [-0.39, 0.29) is 35.9 Å². The van der Waals surface area contributed by atoms with Crippen LogP contribution in [0.5, 0.6) is 11.5 Å². The minimum absolute atomic E-state index is 0.0319. The third-order valence-corrected chi connectivity index (χ3v) is 6.58. The number of carbonyl (C=O) groups excluding carboxylic acids is 4. The molecule has 1 aromatic carbocycles. The van der Waals surface area contributed by atoms with Crippen LogP contribution in [-0.2, 0) is 14.3 Å². The molecule has 0 aliphatic carbocycles. The summed E-state index contributed by atoms with van der Waals surface area (Å²) in [6.07, 6.45) is 7.83. The van der Waals surface area contributed by atoms with Gasteiger partial charge in [0.15, 0.2) is 17.3 Å². The SMILES string of the molecule is C=CC(=O)OCCCCOc1ccc(C(=O)C/C(=C/C=C(/CC(=O)c2ccc(OC(=O)C=C)c(C)n2)C(C)C#N)CC)cc1. The van der Waals surface area contributed by atoms with E-state index >= 15 is 0 Å². The monoisotopic (exact) mass is 598 g/mol. The number of nitrogens with zero attached hydrogens (tertiary/aromatic N) is 2. The van der Waals surface area contributed by atoms with E-state index in [1.807, 2.05) is 6.92 Å². The number of aryl methyl sites for hydroxylation is 1. The zero-order valence-electron chi connectivity index (χ0n) is 25.5. The van der Waals surface area contributed by atoms with Gasteiger partial charge in [-0.05, 0) is 75.1 Å². The Morgan fingerprint density at radius 3 is 2.23 bits per heavy atom. The van der Waals surface area contributed by atoms with Crippen molar-refractivity contribution in [3.05, 3.63) is 102 Å². The van der Waals surface area contributed by atoms with Gasteiger partial charge in [-0.25, -0.2) is 14.6 Å². The molecule has 0 bridgehead atoms. The Labute approximate surface area is 258 Å². The highest BCUT2D eigenvalue weighted by Gasteiger charge is 2.17.